The highest BCUT2D eigenvalue weighted by Crippen LogP contribution is 2.36. The quantitative estimate of drug-likeness (QED) is 0.893. The molecule has 0 spiro atoms. The molecule has 4 nitrogen and oxygen atoms in total. The third-order valence-electron chi connectivity index (χ3n) is 2.88. The van der Waals surface area contributed by atoms with Gasteiger partial charge in [-0.15, -0.1) is 23.7 Å². The smallest absolute Gasteiger partial charge is 0.270 e. The van der Waals surface area contributed by atoms with Crippen LogP contribution in [0.5, 0.6) is 0 Å². The Morgan fingerprint density at radius 2 is 2.44 bits per heavy atom. The molecule has 1 aromatic heterocycles. The summed E-state index contributed by atoms with van der Waals surface area (Å²) in [7, 11) is 0. The predicted octanol–water partition coefficient (Wildman–Crippen LogP) is 2.04. The first-order chi connectivity index (χ1) is 8.13. The van der Waals surface area contributed by atoms with Crippen molar-refractivity contribution in [2.24, 2.45) is 5.73 Å². The van der Waals surface area contributed by atoms with Crippen molar-refractivity contribution in [3.05, 3.63) is 16.1 Å². The maximum absolute atomic E-state index is 11.9. The van der Waals surface area contributed by atoms with E-state index in [0.29, 0.717) is 18.8 Å². The molecular formula is C11H18ClN3OS2. The zero-order chi connectivity index (χ0) is 12.3. The van der Waals surface area contributed by atoms with Crippen molar-refractivity contribution >= 4 is 41.4 Å². The highest BCUT2D eigenvalue weighted by atomic mass is 35.5. The molecule has 1 unspecified atom stereocenters. The molecule has 0 radical (unpaired) electrons. The van der Waals surface area contributed by atoms with Gasteiger partial charge < -0.3 is 11.1 Å². The molecule has 18 heavy (non-hydrogen) atoms. The molecule has 2 heterocycles. The second-order valence-electron chi connectivity index (χ2n) is 4.42. The van der Waals surface area contributed by atoms with Gasteiger partial charge in [0.15, 0.2) is 0 Å². The van der Waals surface area contributed by atoms with E-state index in [-0.39, 0.29) is 23.1 Å². The Hall–Kier alpha value is -0.300. The fraction of sp³-hybridized carbons (Fsp3) is 0.636. The fourth-order valence-electron chi connectivity index (χ4n) is 1.84. The normalized spacial score (nSPS) is 22.6. The standard InChI is InChI=1S/C11H17N3OS2.ClH/c1-11(3-2-4-17-11)7-13-10(15)8-6-16-9(5-12)14-8;/h6H,2-5,7,12H2,1H3,(H,13,15);1H. The van der Waals surface area contributed by atoms with E-state index >= 15 is 0 Å². The lowest BCUT2D eigenvalue weighted by atomic mass is 10.1. The van der Waals surface area contributed by atoms with E-state index in [1.165, 1.54) is 29.9 Å². The van der Waals surface area contributed by atoms with E-state index in [2.05, 4.69) is 17.2 Å². The Balaban J connectivity index is 0.00000162. The summed E-state index contributed by atoms with van der Waals surface area (Å²) >= 11 is 3.37. The lowest BCUT2D eigenvalue weighted by molar-refractivity contribution is 0.0945. The molecule has 0 aromatic carbocycles. The average molecular weight is 308 g/mol. The molecule has 1 aromatic rings. The number of carbonyl (C=O) groups excluding carboxylic acids is 1. The van der Waals surface area contributed by atoms with Crippen LogP contribution in [0.3, 0.4) is 0 Å². The van der Waals surface area contributed by atoms with Crippen molar-refractivity contribution in [1.29, 1.82) is 0 Å². The number of nitrogens with two attached hydrogens (primary N) is 1. The van der Waals surface area contributed by atoms with Crippen molar-refractivity contribution in [2.75, 3.05) is 12.3 Å². The Kier molecular flexibility index (Phi) is 5.91. The van der Waals surface area contributed by atoms with Crippen LogP contribution in [-0.2, 0) is 6.54 Å². The molecule has 0 aliphatic carbocycles. The third kappa shape index (κ3) is 3.85. The monoisotopic (exact) mass is 307 g/mol. The van der Waals surface area contributed by atoms with E-state index in [1.54, 1.807) is 5.38 Å². The molecule has 1 amide bonds. The summed E-state index contributed by atoms with van der Waals surface area (Å²) in [6, 6.07) is 0. The number of hydrogen-bond donors (Lipinski definition) is 2. The summed E-state index contributed by atoms with van der Waals surface area (Å²) in [4.78, 5) is 16.0. The van der Waals surface area contributed by atoms with Gasteiger partial charge in [-0.3, -0.25) is 4.79 Å². The van der Waals surface area contributed by atoms with Gasteiger partial charge in [0, 0.05) is 23.2 Å². The highest BCUT2D eigenvalue weighted by Gasteiger charge is 2.30. The van der Waals surface area contributed by atoms with E-state index in [0.717, 1.165) is 5.01 Å². The van der Waals surface area contributed by atoms with E-state index in [4.69, 9.17) is 5.73 Å². The topological polar surface area (TPSA) is 68.0 Å². The van der Waals surface area contributed by atoms with Crippen LogP contribution in [0.25, 0.3) is 0 Å². The second kappa shape index (κ2) is 6.75. The zero-order valence-electron chi connectivity index (χ0n) is 10.3. The van der Waals surface area contributed by atoms with Gasteiger partial charge in [-0.2, -0.15) is 11.8 Å². The van der Waals surface area contributed by atoms with E-state index in [9.17, 15) is 4.79 Å². The van der Waals surface area contributed by atoms with Crippen molar-refractivity contribution in [3.63, 3.8) is 0 Å². The van der Waals surface area contributed by atoms with Crippen LogP contribution in [0.1, 0.15) is 35.3 Å². The highest BCUT2D eigenvalue weighted by molar-refractivity contribution is 8.00. The number of aromatic nitrogens is 1. The van der Waals surface area contributed by atoms with Crippen LogP contribution in [0, 0.1) is 0 Å². The molecule has 102 valence electrons. The SMILES string of the molecule is CC1(CNC(=O)c2csc(CN)n2)CCCS1.Cl. The largest absolute Gasteiger partial charge is 0.349 e. The summed E-state index contributed by atoms with van der Waals surface area (Å²) in [6.07, 6.45) is 2.41. The Morgan fingerprint density at radius 3 is 3.00 bits per heavy atom. The van der Waals surface area contributed by atoms with Crippen LogP contribution in [0.15, 0.2) is 5.38 Å². The number of thiazole rings is 1. The summed E-state index contributed by atoms with van der Waals surface area (Å²) < 4.78 is 0.197. The first kappa shape index (κ1) is 15.8. The predicted molar refractivity (Wildman–Crippen MR) is 79.7 cm³/mol. The van der Waals surface area contributed by atoms with Gasteiger partial charge in [0.05, 0.1) is 0 Å². The zero-order valence-corrected chi connectivity index (χ0v) is 12.7. The molecule has 2 rings (SSSR count). The Bertz CT molecular complexity index is 405. The van der Waals surface area contributed by atoms with Crippen LogP contribution in [-0.4, -0.2) is 27.9 Å². The maximum atomic E-state index is 11.9. The molecule has 0 saturated carbocycles. The van der Waals surface area contributed by atoms with Gasteiger partial charge in [-0.25, -0.2) is 4.98 Å². The Morgan fingerprint density at radius 1 is 1.67 bits per heavy atom. The number of amides is 1. The van der Waals surface area contributed by atoms with Crippen LogP contribution in [0.2, 0.25) is 0 Å². The molecular weight excluding hydrogens is 290 g/mol. The lowest BCUT2D eigenvalue weighted by Gasteiger charge is -2.22. The second-order valence-corrected chi connectivity index (χ2v) is 7.04. The van der Waals surface area contributed by atoms with Crippen molar-refractivity contribution < 1.29 is 4.79 Å². The first-order valence-electron chi connectivity index (χ1n) is 5.70. The van der Waals surface area contributed by atoms with Crippen LogP contribution in [0.4, 0.5) is 0 Å². The van der Waals surface area contributed by atoms with Gasteiger partial charge in [0.25, 0.3) is 5.91 Å². The Labute approximate surface area is 122 Å². The van der Waals surface area contributed by atoms with Crippen LogP contribution < -0.4 is 11.1 Å². The molecule has 1 aliphatic heterocycles. The number of nitrogens with one attached hydrogen (secondary N) is 1. The average Bonchev–Trinajstić information content (AvgIpc) is 2.95. The molecule has 1 saturated heterocycles. The first-order valence-corrected chi connectivity index (χ1v) is 7.56. The number of carbonyl (C=O) groups is 1. The van der Waals surface area contributed by atoms with Crippen molar-refractivity contribution in [2.45, 2.75) is 31.1 Å². The summed E-state index contributed by atoms with van der Waals surface area (Å²) in [5, 5.41) is 5.53. The molecule has 7 heteroatoms. The van der Waals surface area contributed by atoms with Gasteiger partial charge in [0.1, 0.15) is 10.7 Å². The van der Waals surface area contributed by atoms with Gasteiger partial charge in [-0.1, -0.05) is 0 Å². The minimum absolute atomic E-state index is 0. The molecule has 3 N–H and O–H groups in total. The number of thioether (sulfide) groups is 1. The van der Waals surface area contributed by atoms with Gasteiger partial charge >= 0.3 is 0 Å². The minimum atomic E-state index is -0.0883. The third-order valence-corrected chi connectivity index (χ3v) is 5.29. The number of halogens is 1. The van der Waals surface area contributed by atoms with Gasteiger partial charge in [-0.05, 0) is 25.5 Å². The molecule has 1 aliphatic rings. The number of hydrogen-bond acceptors (Lipinski definition) is 5. The number of nitrogens with zero attached hydrogens (tertiary/aromatic N) is 1. The number of rotatable bonds is 4. The van der Waals surface area contributed by atoms with Crippen molar-refractivity contribution in [3.8, 4) is 0 Å². The lowest BCUT2D eigenvalue weighted by Crippen LogP contribution is -2.36. The van der Waals surface area contributed by atoms with Gasteiger partial charge in [0.2, 0.25) is 0 Å². The maximum Gasteiger partial charge on any atom is 0.270 e. The molecule has 0 bridgehead atoms. The molecule has 1 fully saturated rings. The molecule has 1 atom stereocenters. The van der Waals surface area contributed by atoms with E-state index in [1.807, 2.05) is 11.8 Å². The fourth-order valence-corrected chi connectivity index (χ4v) is 3.74. The minimum Gasteiger partial charge on any atom is -0.349 e. The van der Waals surface area contributed by atoms with Crippen molar-refractivity contribution in [1.82, 2.24) is 10.3 Å². The summed E-state index contributed by atoms with van der Waals surface area (Å²) in [5.74, 6) is 1.11. The van der Waals surface area contributed by atoms with Crippen LogP contribution >= 0.6 is 35.5 Å². The van der Waals surface area contributed by atoms with E-state index < -0.39 is 0 Å². The summed E-state index contributed by atoms with van der Waals surface area (Å²) in [5.41, 5.74) is 5.96. The summed E-state index contributed by atoms with van der Waals surface area (Å²) in [6.45, 7) is 3.31.